The van der Waals surface area contributed by atoms with Crippen molar-refractivity contribution >= 4 is 5.91 Å². The molecule has 0 spiro atoms. The van der Waals surface area contributed by atoms with E-state index in [0.717, 1.165) is 31.8 Å². The molecule has 126 valence electrons. The summed E-state index contributed by atoms with van der Waals surface area (Å²) in [5, 5.41) is 3.13. The van der Waals surface area contributed by atoms with E-state index in [-0.39, 0.29) is 18.1 Å². The van der Waals surface area contributed by atoms with Crippen LogP contribution in [-0.2, 0) is 9.53 Å². The minimum atomic E-state index is -0.243. The zero-order valence-electron chi connectivity index (χ0n) is 14.0. The van der Waals surface area contributed by atoms with E-state index in [0.29, 0.717) is 13.2 Å². The summed E-state index contributed by atoms with van der Waals surface area (Å²) in [7, 11) is 0. The minimum absolute atomic E-state index is 0.0498. The van der Waals surface area contributed by atoms with Gasteiger partial charge in [0.25, 0.3) is 0 Å². The monoisotopic (exact) mass is 316 g/mol. The smallest absolute Gasteiger partial charge is 0.249 e. The lowest BCUT2D eigenvalue weighted by molar-refractivity contribution is -0.130. The Morgan fingerprint density at radius 2 is 2.00 bits per heavy atom. The summed E-state index contributed by atoms with van der Waals surface area (Å²) in [4.78, 5) is 14.8. The van der Waals surface area contributed by atoms with Crippen LogP contribution in [0.2, 0.25) is 0 Å². The maximum atomic E-state index is 12.3. The molecular weight excluding hydrogens is 288 g/mol. The third-order valence-corrected chi connectivity index (χ3v) is 5.14. The van der Waals surface area contributed by atoms with Crippen LogP contribution < -0.4 is 5.32 Å². The van der Waals surface area contributed by atoms with Crippen molar-refractivity contribution in [1.82, 2.24) is 10.2 Å². The first-order valence-corrected chi connectivity index (χ1v) is 8.92. The van der Waals surface area contributed by atoms with E-state index < -0.39 is 0 Å². The standard InChI is InChI=1S/C19H28N2O2/c1-15-9-11-21(12-10-15)17(16-6-3-2-4-7-16)14-20-19(22)18-8-5-13-23-18/h2-4,6-7,15,17-18H,5,8-14H2,1H3,(H,20,22). The number of carbonyl (C=O) groups excluding carboxylic acids is 1. The predicted molar refractivity (Wildman–Crippen MR) is 91.1 cm³/mol. The predicted octanol–water partition coefficient (Wildman–Crippen LogP) is 2.75. The van der Waals surface area contributed by atoms with Crippen LogP contribution in [0.3, 0.4) is 0 Å². The molecule has 2 heterocycles. The first-order valence-electron chi connectivity index (χ1n) is 8.92. The highest BCUT2D eigenvalue weighted by atomic mass is 16.5. The number of rotatable bonds is 5. The fraction of sp³-hybridized carbons (Fsp3) is 0.632. The molecule has 1 aromatic carbocycles. The first-order chi connectivity index (χ1) is 11.2. The zero-order chi connectivity index (χ0) is 16.1. The van der Waals surface area contributed by atoms with Crippen molar-refractivity contribution in [2.24, 2.45) is 5.92 Å². The van der Waals surface area contributed by atoms with Gasteiger partial charge in [0.15, 0.2) is 0 Å². The van der Waals surface area contributed by atoms with Gasteiger partial charge in [-0.2, -0.15) is 0 Å². The molecule has 1 amide bonds. The van der Waals surface area contributed by atoms with Gasteiger partial charge in [-0.25, -0.2) is 0 Å². The van der Waals surface area contributed by atoms with Crippen molar-refractivity contribution in [3.63, 3.8) is 0 Å². The fourth-order valence-corrected chi connectivity index (χ4v) is 3.57. The third kappa shape index (κ3) is 4.33. The van der Waals surface area contributed by atoms with Crippen LogP contribution in [-0.4, -0.2) is 43.2 Å². The summed E-state index contributed by atoms with van der Waals surface area (Å²) >= 11 is 0. The molecule has 2 aliphatic rings. The van der Waals surface area contributed by atoms with Gasteiger partial charge < -0.3 is 10.1 Å². The molecule has 4 nitrogen and oxygen atoms in total. The second-order valence-corrected chi connectivity index (χ2v) is 6.89. The van der Waals surface area contributed by atoms with E-state index in [1.807, 2.05) is 6.07 Å². The Bertz CT molecular complexity index is 491. The average Bonchev–Trinajstić information content (AvgIpc) is 3.12. The van der Waals surface area contributed by atoms with Crippen molar-refractivity contribution < 1.29 is 9.53 Å². The Hall–Kier alpha value is -1.39. The van der Waals surface area contributed by atoms with Gasteiger partial charge in [-0.1, -0.05) is 37.3 Å². The maximum absolute atomic E-state index is 12.3. The molecule has 1 aromatic rings. The quantitative estimate of drug-likeness (QED) is 0.908. The van der Waals surface area contributed by atoms with Crippen LogP contribution in [0.5, 0.6) is 0 Å². The van der Waals surface area contributed by atoms with E-state index in [1.165, 1.54) is 18.4 Å². The van der Waals surface area contributed by atoms with Crippen molar-refractivity contribution in [1.29, 1.82) is 0 Å². The van der Waals surface area contributed by atoms with E-state index in [2.05, 4.69) is 41.4 Å². The lowest BCUT2D eigenvalue weighted by Crippen LogP contribution is -2.44. The highest BCUT2D eigenvalue weighted by molar-refractivity contribution is 5.81. The summed E-state index contributed by atoms with van der Waals surface area (Å²) in [5.74, 6) is 0.859. The molecule has 2 atom stereocenters. The Balaban J connectivity index is 1.64. The van der Waals surface area contributed by atoms with Gasteiger partial charge in [0.1, 0.15) is 6.10 Å². The molecule has 0 radical (unpaired) electrons. The molecule has 0 aromatic heterocycles. The van der Waals surface area contributed by atoms with Crippen molar-refractivity contribution in [2.45, 2.75) is 44.8 Å². The number of hydrogen-bond donors (Lipinski definition) is 1. The number of nitrogens with one attached hydrogen (secondary N) is 1. The van der Waals surface area contributed by atoms with Gasteiger partial charge >= 0.3 is 0 Å². The highest BCUT2D eigenvalue weighted by Crippen LogP contribution is 2.26. The fourth-order valence-electron chi connectivity index (χ4n) is 3.57. The summed E-state index contributed by atoms with van der Waals surface area (Å²) < 4.78 is 5.49. The van der Waals surface area contributed by atoms with Gasteiger partial charge in [0.2, 0.25) is 5.91 Å². The molecule has 2 saturated heterocycles. The Labute approximate surface area is 139 Å². The van der Waals surface area contributed by atoms with Gasteiger partial charge in [-0.15, -0.1) is 0 Å². The van der Waals surface area contributed by atoms with Crippen LogP contribution in [0, 0.1) is 5.92 Å². The van der Waals surface area contributed by atoms with E-state index >= 15 is 0 Å². The SMILES string of the molecule is CC1CCN(C(CNC(=O)C2CCCO2)c2ccccc2)CC1. The van der Waals surface area contributed by atoms with Crippen LogP contribution in [0.25, 0.3) is 0 Å². The lowest BCUT2D eigenvalue weighted by atomic mass is 9.95. The number of amides is 1. The van der Waals surface area contributed by atoms with Crippen LogP contribution in [0.1, 0.15) is 44.2 Å². The molecule has 23 heavy (non-hydrogen) atoms. The molecule has 2 aliphatic heterocycles. The lowest BCUT2D eigenvalue weighted by Gasteiger charge is -2.37. The second-order valence-electron chi connectivity index (χ2n) is 6.89. The maximum Gasteiger partial charge on any atom is 0.249 e. The molecule has 2 unspecified atom stereocenters. The summed E-state index contributed by atoms with van der Waals surface area (Å²) in [6.07, 6.45) is 4.08. The summed E-state index contributed by atoms with van der Waals surface area (Å²) in [6.45, 7) is 5.92. The molecule has 2 fully saturated rings. The molecule has 0 bridgehead atoms. The third-order valence-electron chi connectivity index (χ3n) is 5.14. The molecule has 1 N–H and O–H groups in total. The molecule has 3 rings (SSSR count). The number of benzene rings is 1. The Kier molecular flexibility index (Phi) is 5.68. The van der Waals surface area contributed by atoms with Crippen LogP contribution in [0.15, 0.2) is 30.3 Å². The average molecular weight is 316 g/mol. The summed E-state index contributed by atoms with van der Waals surface area (Å²) in [6, 6.07) is 10.8. The van der Waals surface area contributed by atoms with E-state index in [4.69, 9.17) is 4.74 Å². The largest absolute Gasteiger partial charge is 0.368 e. The number of ether oxygens (including phenoxy) is 1. The normalized spacial score (nSPS) is 24.5. The number of nitrogens with zero attached hydrogens (tertiary/aromatic N) is 1. The minimum Gasteiger partial charge on any atom is -0.368 e. The number of piperidine rings is 1. The molecule has 0 saturated carbocycles. The zero-order valence-corrected chi connectivity index (χ0v) is 14.0. The first kappa shape index (κ1) is 16.5. The molecular formula is C19H28N2O2. The molecule has 4 heteroatoms. The Morgan fingerprint density at radius 1 is 1.26 bits per heavy atom. The van der Waals surface area contributed by atoms with Gasteiger partial charge in [-0.3, -0.25) is 9.69 Å². The summed E-state index contributed by atoms with van der Waals surface area (Å²) in [5.41, 5.74) is 1.29. The van der Waals surface area contributed by atoms with Crippen LogP contribution >= 0.6 is 0 Å². The van der Waals surface area contributed by atoms with Gasteiger partial charge in [0, 0.05) is 13.2 Å². The van der Waals surface area contributed by atoms with Gasteiger partial charge in [0.05, 0.1) is 6.04 Å². The van der Waals surface area contributed by atoms with Crippen molar-refractivity contribution in [3.05, 3.63) is 35.9 Å². The van der Waals surface area contributed by atoms with Gasteiger partial charge in [-0.05, 0) is 50.3 Å². The topological polar surface area (TPSA) is 41.6 Å². The number of hydrogen-bond acceptors (Lipinski definition) is 3. The van der Waals surface area contributed by atoms with Crippen LogP contribution in [0.4, 0.5) is 0 Å². The van der Waals surface area contributed by atoms with Crippen molar-refractivity contribution in [3.8, 4) is 0 Å². The highest BCUT2D eigenvalue weighted by Gasteiger charge is 2.27. The second kappa shape index (κ2) is 7.93. The Morgan fingerprint density at radius 3 is 2.65 bits per heavy atom. The van der Waals surface area contributed by atoms with Crippen molar-refractivity contribution in [2.75, 3.05) is 26.2 Å². The van der Waals surface area contributed by atoms with E-state index in [1.54, 1.807) is 0 Å². The number of likely N-dealkylation sites (tertiary alicyclic amines) is 1. The molecule has 0 aliphatic carbocycles. The number of carbonyl (C=O) groups is 1. The van der Waals surface area contributed by atoms with E-state index in [9.17, 15) is 4.79 Å².